The number of anilines is 1. The van der Waals surface area contributed by atoms with Crippen LogP contribution in [-0.2, 0) is 4.79 Å². The van der Waals surface area contributed by atoms with E-state index in [9.17, 15) is 18.0 Å². The number of carboxylic acids is 1. The molecule has 7 nitrogen and oxygen atoms in total. The van der Waals surface area contributed by atoms with Crippen LogP contribution in [0.1, 0.15) is 6.42 Å². The smallest absolute Gasteiger partial charge is 0.305 e. The van der Waals surface area contributed by atoms with E-state index in [1.165, 1.54) is 0 Å². The van der Waals surface area contributed by atoms with Crippen LogP contribution in [0.5, 0.6) is 0 Å². The van der Waals surface area contributed by atoms with Crippen LogP contribution in [0.2, 0.25) is 0 Å². The number of aromatic amines is 1. The molecule has 3 aromatic rings. The summed E-state index contributed by atoms with van der Waals surface area (Å²) in [6, 6.07) is 1.70. The maximum Gasteiger partial charge on any atom is 0.305 e. The van der Waals surface area contributed by atoms with E-state index in [1.54, 1.807) is 0 Å². The molecule has 0 aliphatic heterocycles. The van der Waals surface area contributed by atoms with Crippen molar-refractivity contribution in [3.8, 4) is 11.4 Å². The van der Waals surface area contributed by atoms with Crippen LogP contribution in [0.25, 0.3) is 22.4 Å². The van der Waals surface area contributed by atoms with Crippen LogP contribution in [0.15, 0.2) is 18.3 Å². The van der Waals surface area contributed by atoms with E-state index in [1.807, 2.05) is 0 Å². The molecule has 3 heterocycles. The molecule has 3 N–H and O–H groups in total. The Hall–Kier alpha value is -3.17. The van der Waals surface area contributed by atoms with Gasteiger partial charge in [0, 0.05) is 12.6 Å². The van der Waals surface area contributed by atoms with Crippen molar-refractivity contribution in [3.63, 3.8) is 0 Å². The fourth-order valence-corrected chi connectivity index (χ4v) is 2.10. The van der Waals surface area contributed by atoms with Gasteiger partial charge in [-0.25, -0.2) is 23.1 Å². The first-order valence-corrected chi connectivity index (χ1v) is 6.77. The van der Waals surface area contributed by atoms with Gasteiger partial charge in [0.1, 0.15) is 17.2 Å². The number of fused-ring (bicyclic) bond motifs is 1. The first-order valence-electron chi connectivity index (χ1n) is 6.77. The molecule has 0 radical (unpaired) electrons. The lowest BCUT2D eigenvalue weighted by Gasteiger charge is -2.08. The van der Waals surface area contributed by atoms with Crippen LogP contribution < -0.4 is 5.32 Å². The normalized spacial score (nSPS) is 11.0. The zero-order valence-electron chi connectivity index (χ0n) is 12.0. The Balaban J connectivity index is 2.03. The molecule has 0 aliphatic rings. The number of halogens is 3. The lowest BCUT2D eigenvalue weighted by molar-refractivity contribution is -0.136. The summed E-state index contributed by atoms with van der Waals surface area (Å²) in [5, 5.41) is 17.6. The van der Waals surface area contributed by atoms with Gasteiger partial charge >= 0.3 is 5.97 Å². The quantitative estimate of drug-likeness (QED) is 0.660. The topological polar surface area (TPSA) is 104 Å². The first-order chi connectivity index (χ1) is 11.5. The largest absolute Gasteiger partial charge is 0.481 e. The van der Waals surface area contributed by atoms with Gasteiger partial charge in [-0.2, -0.15) is 5.10 Å². The molecule has 10 heteroatoms. The molecule has 0 aromatic carbocycles. The molecular weight excluding hydrogens is 327 g/mol. The van der Waals surface area contributed by atoms with E-state index in [0.29, 0.717) is 6.07 Å². The van der Waals surface area contributed by atoms with E-state index >= 15 is 0 Å². The van der Waals surface area contributed by atoms with E-state index in [4.69, 9.17) is 5.11 Å². The van der Waals surface area contributed by atoms with Gasteiger partial charge in [0.05, 0.1) is 18.0 Å². The lowest BCUT2D eigenvalue weighted by Crippen LogP contribution is -2.11. The van der Waals surface area contributed by atoms with Crippen molar-refractivity contribution in [2.24, 2.45) is 0 Å². The molecule has 0 atom stereocenters. The number of carboxylic acid groups (broad SMARTS) is 1. The third-order valence-electron chi connectivity index (χ3n) is 3.17. The summed E-state index contributed by atoms with van der Waals surface area (Å²) in [4.78, 5) is 18.1. The number of rotatable bonds is 5. The molecule has 0 amide bonds. The number of aliphatic carboxylic acids is 1. The highest BCUT2D eigenvalue weighted by atomic mass is 19.1. The van der Waals surface area contributed by atoms with Crippen LogP contribution in [0, 0.1) is 17.5 Å². The van der Waals surface area contributed by atoms with E-state index in [-0.39, 0.29) is 41.2 Å². The van der Waals surface area contributed by atoms with Crippen LogP contribution in [0.3, 0.4) is 0 Å². The molecule has 0 spiro atoms. The van der Waals surface area contributed by atoms with Gasteiger partial charge in [0.25, 0.3) is 0 Å². The summed E-state index contributed by atoms with van der Waals surface area (Å²) >= 11 is 0. The van der Waals surface area contributed by atoms with Gasteiger partial charge in [0.15, 0.2) is 23.1 Å². The molecule has 0 fully saturated rings. The molecule has 0 bridgehead atoms. The number of aromatic nitrogens is 4. The average Bonchev–Trinajstić information content (AvgIpc) is 2.92. The highest BCUT2D eigenvalue weighted by Crippen LogP contribution is 2.28. The predicted octanol–water partition coefficient (Wildman–Crippen LogP) is 2.32. The summed E-state index contributed by atoms with van der Waals surface area (Å²) in [6.07, 6.45) is 0.700. The molecular formula is C14H10F3N5O2. The van der Waals surface area contributed by atoms with Crippen molar-refractivity contribution >= 4 is 22.8 Å². The minimum Gasteiger partial charge on any atom is -0.481 e. The molecule has 0 saturated carbocycles. The van der Waals surface area contributed by atoms with Gasteiger partial charge < -0.3 is 10.4 Å². The fourth-order valence-electron chi connectivity index (χ4n) is 2.10. The van der Waals surface area contributed by atoms with Gasteiger partial charge in [-0.3, -0.25) is 9.89 Å². The van der Waals surface area contributed by atoms with Crippen LogP contribution >= 0.6 is 0 Å². The standard InChI is InChI=1S/C14H10F3N5O2/c15-6-3-7-11(21-22-13(7)19-5-6)12-8(16)4-9(17)14(20-12)18-2-1-10(23)24/h3-5H,1-2H2,(H,18,20)(H,23,24)(H,19,21,22). The minimum absolute atomic E-state index is 0.0317. The van der Waals surface area contributed by atoms with Crippen molar-refractivity contribution < 1.29 is 23.1 Å². The zero-order chi connectivity index (χ0) is 17.3. The Morgan fingerprint density at radius 3 is 2.75 bits per heavy atom. The van der Waals surface area contributed by atoms with Crippen molar-refractivity contribution in [3.05, 3.63) is 35.8 Å². The summed E-state index contributed by atoms with van der Waals surface area (Å²) in [5.74, 6) is -4.02. The number of nitrogens with zero attached hydrogens (tertiary/aromatic N) is 3. The van der Waals surface area contributed by atoms with Crippen molar-refractivity contribution in [2.45, 2.75) is 6.42 Å². The average molecular weight is 337 g/mol. The first kappa shape index (κ1) is 15.7. The fraction of sp³-hybridized carbons (Fsp3) is 0.143. The van der Waals surface area contributed by atoms with Gasteiger partial charge in [0.2, 0.25) is 0 Å². The van der Waals surface area contributed by atoms with E-state index in [2.05, 4.69) is 25.5 Å². The number of hydrogen-bond donors (Lipinski definition) is 3. The third kappa shape index (κ3) is 2.98. The molecule has 24 heavy (non-hydrogen) atoms. The van der Waals surface area contributed by atoms with Gasteiger partial charge in [-0.15, -0.1) is 0 Å². The summed E-state index contributed by atoms with van der Waals surface area (Å²) in [6.45, 7) is -0.0954. The number of H-pyrrole nitrogens is 1. The SMILES string of the molecule is O=C(O)CCNc1nc(-c2n[nH]c3ncc(F)cc23)c(F)cc1F. The molecule has 0 saturated heterocycles. The second kappa shape index (κ2) is 6.14. The Morgan fingerprint density at radius 1 is 1.21 bits per heavy atom. The Bertz CT molecular complexity index is 928. The molecule has 124 valence electrons. The maximum absolute atomic E-state index is 14.1. The second-order valence-corrected chi connectivity index (χ2v) is 4.84. The number of nitrogens with one attached hydrogen (secondary N) is 2. The van der Waals surface area contributed by atoms with Crippen molar-refractivity contribution in [2.75, 3.05) is 11.9 Å². The van der Waals surface area contributed by atoms with Crippen LogP contribution in [0.4, 0.5) is 19.0 Å². The number of carbonyl (C=O) groups is 1. The lowest BCUT2D eigenvalue weighted by atomic mass is 10.2. The highest BCUT2D eigenvalue weighted by Gasteiger charge is 2.19. The highest BCUT2D eigenvalue weighted by molar-refractivity contribution is 5.89. The Labute approximate surface area is 132 Å². The van der Waals surface area contributed by atoms with Crippen LogP contribution in [-0.4, -0.2) is 37.8 Å². The van der Waals surface area contributed by atoms with Gasteiger partial charge in [-0.05, 0) is 6.07 Å². The Morgan fingerprint density at radius 2 is 2.00 bits per heavy atom. The molecule has 0 unspecified atom stereocenters. The minimum atomic E-state index is -1.08. The molecule has 3 aromatic heterocycles. The molecule has 3 rings (SSSR count). The Kier molecular flexibility index (Phi) is 4.02. The zero-order valence-corrected chi connectivity index (χ0v) is 12.0. The number of pyridine rings is 2. The summed E-state index contributed by atoms with van der Waals surface area (Å²) < 4.78 is 41.2. The molecule has 0 aliphatic carbocycles. The maximum atomic E-state index is 14.1. The third-order valence-corrected chi connectivity index (χ3v) is 3.17. The van der Waals surface area contributed by atoms with Crippen molar-refractivity contribution in [1.29, 1.82) is 0 Å². The van der Waals surface area contributed by atoms with Gasteiger partial charge in [-0.1, -0.05) is 0 Å². The van der Waals surface area contributed by atoms with E-state index in [0.717, 1.165) is 12.3 Å². The number of hydrogen-bond acceptors (Lipinski definition) is 5. The monoisotopic (exact) mass is 337 g/mol. The van der Waals surface area contributed by atoms with E-state index < -0.39 is 23.4 Å². The summed E-state index contributed by atoms with van der Waals surface area (Å²) in [7, 11) is 0. The summed E-state index contributed by atoms with van der Waals surface area (Å²) in [5.41, 5.74) is -0.124. The van der Waals surface area contributed by atoms with Crippen molar-refractivity contribution in [1.82, 2.24) is 20.2 Å². The predicted molar refractivity (Wildman–Crippen MR) is 77.7 cm³/mol. The second-order valence-electron chi connectivity index (χ2n) is 4.84.